The lowest BCUT2D eigenvalue weighted by molar-refractivity contribution is 0.341. The van der Waals surface area contributed by atoms with Crippen LogP contribution in [0.15, 0.2) is 36.5 Å². The van der Waals surface area contributed by atoms with E-state index in [1.54, 1.807) is 0 Å². The molecule has 0 saturated heterocycles. The molecule has 1 fully saturated rings. The lowest BCUT2D eigenvalue weighted by Crippen LogP contribution is -2.27. The molecule has 1 heteroatoms. The summed E-state index contributed by atoms with van der Waals surface area (Å²) in [6, 6.07) is 8.83. The van der Waals surface area contributed by atoms with Crippen LogP contribution in [0.4, 0.5) is 5.69 Å². The Morgan fingerprint density at radius 3 is 2.60 bits per heavy atom. The standard InChI is InChI=1S/C19H27N/c1-15-19(2,3)17-11-7-8-12-18(17)20(15)14-13-16-9-5-4-6-10-16/h7-8,11-12,16H,1,4-6,9-10,13-14H2,2-3H3. The first-order chi connectivity index (χ1) is 9.60. The summed E-state index contributed by atoms with van der Waals surface area (Å²) in [5, 5.41) is 0. The highest BCUT2D eigenvalue weighted by Crippen LogP contribution is 2.47. The van der Waals surface area contributed by atoms with Crippen molar-refractivity contribution in [2.45, 2.75) is 57.8 Å². The zero-order valence-corrected chi connectivity index (χ0v) is 13.0. The lowest BCUT2D eigenvalue weighted by Gasteiger charge is -2.28. The van der Waals surface area contributed by atoms with Crippen molar-refractivity contribution in [1.29, 1.82) is 0 Å². The maximum atomic E-state index is 4.39. The molecule has 3 rings (SSSR count). The first kappa shape index (κ1) is 13.7. The molecule has 0 atom stereocenters. The molecule has 0 aromatic heterocycles. The van der Waals surface area contributed by atoms with E-state index in [9.17, 15) is 0 Å². The summed E-state index contributed by atoms with van der Waals surface area (Å²) in [7, 11) is 0. The Hall–Kier alpha value is -1.24. The number of anilines is 1. The van der Waals surface area contributed by atoms with Gasteiger partial charge in [-0.1, -0.05) is 70.7 Å². The number of rotatable bonds is 3. The molecule has 20 heavy (non-hydrogen) atoms. The Bertz CT molecular complexity index is 494. The summed E-state index contributed by atoms with van der Waals surface area (Å²) < 4.78 is 0. The zero-order chi connectivity index (χ0) is 14.2. The van der Waals surface area contributed by atoms with Crippen LogP contribution in [0.25, 0.3) is 0 Å². The van der Waals surface area contributed by atoms with Crippen LogP contribution < -0.4 is 4.90 Å². The Morgan fingerprint density at radius 2 is 1.85 bits per heavy atom. The van der Waals surface area contributed by atoms with Crippen molar-refractivity contribution in [1.82, 2.24) is 0 Å². The molecule has 0 spiro atoms. The quantitative estimate of drug-likeness (QED) is 0.722. The molecule has 0 radical (unpaired) electrons. The van der Waals surface area contributed by atoms with Gasteiger partial charge in [0.2, 0.25) is 0 Å². The Balaban J connectivity index is 1.75. The molecule has 1 heterocycles. The van der Waals surface area contributed by atoms with E-state index in [0.717, 1.165) is 12.5 Å². The molecular formula is C19H27N. The topological polar surface area (TPSA) is 3.24 Å². The average molecular weight is 269 g/mol. The van der Waals surface area contributed by atoms with E-state index in [4.69, 9.17) is 0 Å². The Morgan fingerprint density at radius 1 is 1.15 bits per heavy atom. The minimum atomic E-state index is 0.0865. The van der Waals surface area contributed by atoms with E-state index in [-0.39, 0.29) is 5.41 Å². The Kier molecular flexibility index (Phi) is 3.62. The van der Waals surface area contributed by atoms with Crippen LogP contribution in [0.3, 0.4) is 0 Å². The molecule has 1 aliphatic carbocycles. The van der Waals surface area contributed by atoms with Gasteiger partial charge in [-0.2, -0.15) is 0 Å². The number of benzene rings is 1. The number of fused-ring (bicyclic) bond motifs is 1. The highest BCUT2D eigenvalue weighted by molar-refractivity contribution is 5.69. The number of hydrogen-bond donors (Lipinski definition) is 0. The van der Waals surface area contributed by atoms with Gasteiger partial charge >= 0.3 is 0 Å². The SMILES string of the molecule is C=C1N(CCC2CCCCC2)c2ccccc2C1(C)C. The summed E-state index contributed by atoms with van der Waals surface area (Å²) in [5.74, 6) is 0.937. The van der Waals surface area contributed by atoms with Gasteiger partial charge in [-0.05, 0) is 24.0 Å². The van der Waals surface area contributed by atoms with Crippen molar-refractivity contribution in [2.75, 3.05) is 11.4 Å². The highest BCUT2D eigenvalue weighted by Gasteiger charge is 2.38. The van der Waals surface area contributed by atoms with E-state index in [1.165, 1.54) is 55.5 Å². The molecule has 1 aromatic rings. The van der Waals surface area contributed by atoms with Gasteiger partial charge in [0.15, 0.2) is 0 Å². The highest BCUT2D eigenvalue weighted by atomic mass is 15.2. The van der Waals surface area contributed by atoms with E-state index >= 15 is 0 Å². The minimum Gasteiger partial charge on any atom is -0.345 e. The number of para-hydroxylation sites is 1. The van der Waals surface area contributed by atoms with Crippen LogP contribution >= 0.6 is 0 Å². The number of nitrogens with zero attached hydrogens (tertiary/aromatic N) is 1. The zero-order valence-electron chi connectivity index (χ0n) is 13.0. The summed E-state index contributed by atoms with van der Waals surface area (Å²) in [6.07, 6.45) is 8.52. The molecule has 0 bridgehead atoms. The van der Waals surface area contributed by atoms with Gasteiger partial charge in [0.1, 0.15) is 0 Å². The fraction of sp³-hybridized carbons (Fsp3) is 0.579. The van der Waals surface area contributed by atoms with Crippen LogP contribution in [-0.2, 0) is 5.41 Å². The van der Waals surface area contributed by atoms with Gasteiger partial charge in [0.25, 0.3) is 0 Å². The third-order valence-corrected chi connectivity index (χ3v) is 5.40. The normalized spacial score (nSPS) is 22.1. The summed E-state index contributed by atoms with van der Waals surface area (Å²) >= 11 is 0. The predicted octanol–water partition coefficient (Wildman–Crippen LogP) is 5.27. The van der Waals surface area contributed by atoms with Crippen LogP contribution in [0, 0.1) is 5.92 Å². The van der Waals surface area contributed by atoms with Gasteiger partial charge in [-0.3, -0.25) is 0 Å². The monoisotopic (exact) mass is 269 g/mol. The minimum absolute atomic E-state index is 0.0865. The second-order valence-corrected chi connectivity index (χ2v) is 7.03. The van der Waals surface area contributed by atoms with Crippen LogP contribution in [0.2, 0.25) is 0 Å². The molecule has 0 unspecified atom stereocenters. The molecule has 0 amide bonds. The fourth-order valence-electron chi connectivity index (χ4n) is 3.92. The lowest BCUT2D eigenvalue weighted by atomic mass is 9.84. The molecule has 1 aromatic carbocycles. The predicted molar refractivity (Wildman–Crippen MR) is 87.1 cm³/mol. The summed E-state index contributed by atoms with van der Waals surface area (Å²) in [6.45, 7) is 10.1. The third kappa shape index (κ3) is 2.28. The maximum Gasteiger partial charge on any atom is 0.0450 e. The van der Waals surface area contributed by atoms with Crippen LogP contribution in [0.5, 0.6) is 0 Å². The van der Waals surface area contributed by atoms with E-state index in [1.807, 2.05) is 0 Å². The first-order valence-electron chi connectivity index (χ1n) is 8.17. The van der Waals surface area contributed by atoms with Gasteiger partial charge in [-0.15, -0.1) is 0 Å². The van der Waals surface area contributed by atoms with E-state index in [0.29, 0.717) is 0 Å². The third-order valence-electron chi connectivity index (χ3n) is 5.40. The first-order valence-corrected chi connectivity index (χ1v) is 8.17. The maximum absolute atomic E-state index is 4.39. The molecule has 1 aliphatic heterocycles. The van der Waals surface area contributed by atoms with Crippen molar-refractivity contribution < 1.29 is 0 Å². The summed E-state index contributed by atoms with van der Waals surface area (Å²) in [5.41, 5.74) is 4.19. The smallest absolute Gasteiger partial charge is 0.0450 e. The number of allylic oxidation sites excluding steroid dienone is 1. The van der Waals surface area contributed by atoms with Gasteiger partial charge in [0, 0.05) is 23.3 Å². The van der Waals surface area contributed by atoms with E-state index < -0.39 is 0 Å². The van der Waals surface area contributed by atoms with Crippen molar-refractivity contribution >= 4 is 5.69 Å². The number of hydrogen-bond acceptors (Lipinski definition) is 1. The van der Waals surface area contributed by atoms with Crippen LogP contribution in [-0.4, -0.2) is 6.54 Å². The second-order valence-electron chi connectivity index (χ2n) is 7.03. The second kappa shape index (κ2) is 5.27. The van der Waals surface area contributed by atoms with Crippen LogP contribution in [0.1, 0.15) is 57.9 Å². The largest absolute Gasteiger partial charge is 0.345 e. The molecule has 1 nitrogen and oxygen atoms in total. The van der Waals surface area contributed by atoms with Crippen molar-refractivity contribution in [2.24, 2.45) is 5.92 Å². The molecular weight excluding hydrogens is 242 g/mol. The van der Waals surface area contributed by atoms with Crippen molar-refractivity contribution in [3.05, 3.63) is 42.1 Å². The molecule has 1 saturated carbocycles. The van der Waals surface area contributed by atoms with Gasteiger partial charge < -0.3 is 4.90 Å². The molecule has 108 valence electrons. The molecule has 2 aliphatic rings. The molecule has 0 N–H and O–H groups in total. The van der Waals surface area contributed by atoms with Crippen molar-refractivity contribution in [3.8, 4) is 0 Å². The van der Waals surface area contributed by atoms with E-state index in [2.05, 4.69) is 49.6 Å². The van der Waals surface area contributed by atoms with Crippen molar-refractivity contribution in [3.63, 3.8) is 0 Å². The summed E-state index contributed by atoms with van der Waals surface area (Å²) in [4.78, 5) is 2.48. The Labute approximate surface area is 123 Å². The fourth-order valence-corrected chi connectivity index (χ4v) is 3.92. The average Bonchev–Trinajstić information content (AvgIpc) is 2.67. The van der Waals surface area contributed by atoms with Gasteiger partial charge in [0.05, 0.1) is 0 Å². The van der Waals surface area contributed by atoms with Gasteiger partial charge in [-0.25, -0.2) is 0 Å².